The first-order chi connectivity index (χ1) is 16.8. The summed E-state index contributed by atoms with van der Waals surface area (Å²) in [5.41, 5.74) is 6.70. The molecule has 1 aliphatic rings. The fourth-order valence-corrected chi connectivity index (χ4v) is 5.64. The molecule has 0 spiro atoms. The van der Waals surface area contributed by atoms with Crippen LogP contribution >= 0.6 is 0 Å². The van der Waals surface area contributed by atoms with E-state index in [-0.39, 0.29) is 0 Å². The van der Waals surface area contributed by atoms with E-state index >= 15 is 0 Å². The summed E-state index contributed by atoms with van der Waals surface area (Å²) in [6.45, 7) is 5.21. The minimum absolute atomic E-state index is 0.941. The van der Waals surface area contributed by atoms with Crippen LogP contribution in [0.5, 0.6) is 0 Å². The van der Waals surface area contributed by atoms with Crippen LogP contribution in [0.2, 0.25) is 0 Å². The van der Waals surface area contributed by atoms with Crippen LogP contribution in [0.15, 0.2) is 103 Å². The van der Waals surface area contributed by atoms with Gasteiger partial charge in [0, 0.05) is 23.3 Å². The molecule has 0 aromatic heterocycles. The molecule has 0 bridgehead atoms. The molecular weight excluding hydrogens is 410 g/mol. The fourth-order valence-electron chi connectivity index (χ4n) is 5.64. The largest absolute Gasteiger partial charge is 0.340 e. The minimum atomic E-state index is 0.941. The van der Waals surface area contributed by atoms with Crippen molar-refractivity contribution >= 4 is 49.3 Å². The maximum Gasteiger partial charge on any atom is 0.0491 e. The highest BCUT2D eigenvalue weighted by Crippen LogP contribution is 2.44. The number of anilines is 2. The highest BCUT2D eigenvalue weighted by atomic mass is 15.2. The number of fused-ring (bicyclic) bond motifs is 1. The van der Waals surface area contributed by atoms with E-state index in [9.17, 15) is 0 Å². The summed E-state index contributed by atoms with van der Waals surface area (Å²) in [7, 11) is 0. The van der Waals surface area contributed by atoms with Crippen LogP contribution in [-0.4, -0.2) is 6.54 Å². The Hall–Kier alpha value is -3.84. The molecule has 1 aliphatic heterocycles. The van der Waals surface area contributed by atoms with Gasteiger partial charge in [-0.1, -0.05) is 91.0 Å². The second-order valence-corrected chi connectivity index (χ2v) is 9.11. The molecule has 1 heteroatoms. The van der Waals surface area contributed by atoms with E-state index in [4.69, 9.17) is 0 Å². The second kappa shape index (κ2) is 8.50. The summed E-state index contributed by atoms with van der Waals surface area (Å²) in [6, 6.07) is 27.3. The number of benzene rings is 5. The molecule has 0 aliphatic carbocycles. The van der Waals surface area contributed by atoms with Gasteiger partial charge in [0.2, 0.25) is 0 Å². The van der Waals surface area contributed by atoms with Crippen molar-refractivity contribution in [2.75, 3.05) is 11.4 Å². The van der Waals surface area contributed by atoms with Gasteiger partial charge in [-0.3, -0.25) is 0 Å². The van der Waals surface area contributed by atoms with Gasteiger partial charge < -0.3 is 4.90 Å². The predicted octanol–water partition coefficient (Wildman–Crippen LogP) is 9.20. The summed E-state index contributed by atoms with van der Waals surface area (Å²) >= 11 is 0. The summed E-state index contributed by atoms with van der Waals surface area (Å²) in [5.74, 6) is 0. The van der Waals surface area contributed by atoms with E-state index in [0.717, 1.165) is 19.4 Å². The van der Waals surface area contributed by atoms with Crippen LogP contribution in [-0.2, 0) is 6.42 Å². The molecule has 0 amide bonds. The van der Waals surface area contributed by atoms with Crippen molar-refractivity contribution in [2.45, 2.75) is 26.7 Å². The molecule has 5 aromatic rings. The minimum Gasteiger partial charge on any atom is -0.340 e. The van der Waals surface area contributed by atoms with Crippen LogP contribution < -0.4 is 4.90 Å². The first-order valence-corrected chi connectivity index (χ1v) is 12.3. The van der Waals surface area contributed by atoms with Gasteiger partial charge >= 0.3 is 0 Å². The molecule has 6 rings (SSSR count). The molecule has 0 N–H and O–H groups in total. The highest BCUT2D eigenvalue weighted by molar-refractivity contribution is 6.27. The third-order valence-electron chi connectivity index (χ3n) is 7.19. The van der Waals surface area contributed by atoms with Gasteiger partial charge in [-0.25, -0.2) is 0 Å². The summed E-state index contributed by atoms with van der Waals surface area (Å²) in [4.78, 5) is 2.50. The number of hydrogen-bond donors (Lipinski definition) is 0. The van der Waals surface area contributed by atoms with Crippen LogP contribution in [0.3, 0.4) is 0 Å². The third kappa shape index (κ3) is 3.23. The van der Waals surface area contributed by atoms with E-state index in [1.807, 2.05) is 0 Å². The van der Waals surface area contributed by atoms with Gasteiger partial charge in [0.15, 0.2) is 0 Å². The van der Waals surface area contributed by atoms with Crippen LogP contribution in [0.1, 0.15) is 31.4 Å². The van der Waals surface area contributed by atoms with Crippen molar-refractivity contribution in [2.24, 2.45) is 0 Å². The Labute approximate surface area is 201 Å². The third-order valence-corrected chi connectivity index (χ3v) is 7.19. The Bertz CT molecular complexity index is 1600. The zero-order valence-electron chi connectivity index (χ0n) is 19.9. The predicted molar refractivity (Wildman–Crippen MR) is 150 cm³/mol. The number of nitrogens with zero attached hydrogens (tertiary/aromatic N) is 1. The molecule has 1 heterocycles. The average molecular weight is 440 g/mol. The van der Waals surface area contributed by atoms with Gasteiger partial charge in [-0.2, -0.15) is 0 Å². The van der Waals surface area contributed by atoms with E-state index < -0.39 is 0 Å². The Kier molecular flexibility index (Phi) is 5.19. The molecule has 0 atom stereocenters. The standard InChI is InChI=1S/C33H29N/c1-3-5-6-10-23(9-4-2)27-17-13-25-15-19-29-31(34-22-21-24-11-7-8-12-30(24)34)20-16-26-14-18-28(27)32(25)33(26)29/h3-5,7-20H,6,21-22H2,1-2H3/b5-3?,9-4-,23-10+. The van der Waals surface area contributed by atoms with Gasteiger partial charge in [0.1, 0.15) is 0 Å². The van der Waals surface area contributed by atoms with E-state index in [0.29, 0.717) is 0 Å². The number of para-hydroxylation sites is 1. The van der Waals surface area contributed by atoms with E-state index in [2.05, 4.69) is 122 Å². The van der Waals surface area contributed by atoms with Gasteiger partial charge in [-0.05, 0) is 82.5 Å². The summed E-state index contributed by atoms with van der Waals surface area (Å²) < 4.78 is 0. The normalized spacial score (nSPS) is 14.5. The van der Waals surface area contributed by atoms with Crippen molar-refractivity contribution in [3.63, 3.8) is 0 Å². The lowest BCUT2D eigenvalue weighted by Gasteiger charge is -2.23. The topological polar surface area (TPSA) is 3.24 Å². The second-order valence-electron chi connectivity index (χ2n) is 9.11. The SMILES string of the molecule is CC=CC/C=C(\C=C/C)c1ccc2ccc3c(N4CCc5ccccc54)ccc4ccc1c2c43. The summed E-state index contributed by atoms with van der Waals surface area (Å²) in [6.07, 6.45) is 13.1. The van der Waals surface area contributed by atoms with Crippen molar-refractivity contribution in [1.29, 1.82) is 0 Å². The monoisotopic (exact) mass is 439 g/mol. The number of allylic oxidation sites excluding steroid dienone is 6. The molecule has 5 aromatic carbocycles. The van der Waals surface area contributed by atoms with Crippen LogP contribution in [0, 0.1) is 0 Å². The van der Waals surface area contributed by atoms with Gasteiger partial charge in [-0.15, -0.1) is 0 Å². The first-order valence-electron chi connectivity index (χ1n) is 12.3. The molecule has 0 saturated carbocycles. The van der Waals surface area contributed by atoms with Crippen molar-refractivity contribution in [1.82, 2.24) is 0 Å². The molecule has 0 saturated heterocycles. The van der Waals surface area contributed by atoms with Crippen molar-refractivity contribution in [3.05, 3.63) is 114 Å². The highest BCUT2D eigenvalue weighted by Gasteiger charge is 2.23. The summed E-state index contributed by atoms with van der Waals surface area (Å²) in [5, 5.41) is 8.06. The van der Waals surface area contributed by atoms with Crippen molar-refractivity contribution in [3.8, 4) is 0 Å². The lowest BCUT2D eigenvalue weighted by molar-refractivity contribution is 1.00. The Balaban J connectivity index is 1.61. The maximum atomic E-state index is 2.50. The lowest BCUT2D eigenvalue weighted by Crippen LogP contribution is -2.13. The Morgan fingerprint density at radius 1 is 0.765 bits per heavy atom. The smallest absolute Gasteiger partial charge is 0.0491 e. The van der Waals surface area contributed by atoms with Gasteiger partial charge in [0.25, 0.3) is 0 Å². The number of hydrogen-bond acceptors (Lipinski definition) is 1. The molecule has 34 heavy (non-hydrogen) atoms. The number of rotatable bonds is 5. The quantitative estimate of drug-likeness (QED) is 0.150. The van der Waals surface area contributed by atoms with Crippen LogP contribution in [0.25, 0.3) is 37.9 Å². The molecule has 166 valence electrons. The van der Waals surface area contributed by atoms with E-state index in [1.54, 1.807) is 0 Å². The van der Waals surface area contributed by atoms with E-state index in [1.165, 1.54) is 60.4 Å². The van der Waals surface area contributed by atoms with Crippen LogP contribution in [0.4, 0.5) is 11.4 Å². The fraction of sp³-hybridized carbons (Fsp3) is 0.152. The average Bonchev–Trinajstić information content (AvgIpc) is 3.31. The molecule has 0 unspecified atom stereocenters. The first kappa shape index (κ1) is 20.7. The van der Waals surface area contributed by atoms with Crippen molar-refractivity contribution < 1.29 is 0 Å². The molecular formula is C33H29N. The zero-order valence-corrected chi connectivity index (χ0v) is 19.9. The molecule has 0 radical (unpaired) electrons. The zero-order chi connectivity index (χ0) is 23.1. The van der Waals surface area contributed by atoms with Gasteiger partial charge in [0.05, 0.1) is 0 Å². The maximum absolute atomic E-state index is 2.50. The lowest BCUT2D eigenvalue weighted by atomic mass is 9.88. The molecule has 1 nitrogen and oxygen atoms in total. The Morgan fingerprint density at radius 2 is 1.50 bits per heavy atom. The molecule has 0 fully saturated rings. The Morgan fingerprint density at radius 3 is 2.32 bits per heavy atom.